The highest BCUT2D eigenvalue weighted by molar-refractivity contribution is 7.98. The van der Waals surface area contributed by atoms with Crippen molar-refractivity contribution in [2.24, 2.45) is 0 Å². The lowest BCUT2D eigenvalue weighted by Crippen LogP contribution is -2.47. The van der Waals surface area contributed by atoms with Crippen LogP contribution in [0.3, 0.4) is 0 Å². The molecule has 4 aromatic rings. The number of hydrogen-bond donors (Lipinski definition) is 1. The van der Waals surface area contributed by atoms with Crippen LogP contribution in [0, 0.1) is 0 Å². The van der Waals surface area contributed by atoms with Gasteiger partial charge in [-0.05, 0) is 47.5 Å². The lowest BCUT2D eigenvalue weighted by molar-refractivity contribution is -0.137. The molecule has 0 unspecified atom stereocenters. The first-order valence-electron chi connectivity index (χ1n) is 13.7. The molecule has 43 heavy (non-hydrogen) atoms. The molecule has 1 amide bonds. The Balaban J connectivity index is 1.19. The number of halogens is 3. The number of benzene rings is 2. The number of rotatable bonds is 10. The summed E-state index contributed by atoms with van der Waals surface area (Å²) in [7, 11) is 1.61. The van der Waals surface area contributed by atoms with Crippen LogP contribution in [0.5, 0.6) is 0 Å². The lowest BCUT2D eigenvalue weighted by Gasteiger charge is -2.37. The Bertz CT molecular complexity index is 1510. The highest BCUT2D eigenvalue weighted by Gasteiger charge is 2.31. The summed E-state index contributed by atoms with van der Waals surface area (Å²) in [6, 6.07) is 18.5. The van der Waals surface area contributed by atoms with Crippen molar-refractivity contribution >= 4 is 29.2 Å². The zero-order valence-corrected chi connectivity index (χ0v) is 24.4. The Kier molecular flexibility index (Phi) is 9.78. The quantitative estimate of drug-likeness (QED) is 0.185. The molecule has 0 aliphatic carbocycles. The highest BCUT2D eigenvalue weighted by atomic mass is 32.2. The summed E-state index contributed by atoms with van der Waals surface area (Å²) in [5, 5.41) is 3.50. The molecule has 0 bridgehead atoms. The molecule has 2 aromatic carbocycles. The molecule has 2 aromatic heterocycles. The molecule has 1 aliphatic rings. The maximum absolute atomic E-state index is 13.2. The number of hydrogen-bond acceptors (Lipinski definition) is 8. The van der Waals surface area contributed by atoms with E-state index in [-0.39, 0.29) is 5.91 Å². The van der Waals surface area contributed by atoms with Gasteiger partial charge in [0.1, 0.15) is 5.82 Å². The molecule has 0 atom stereocenters. The summed E-state index contributed by atoms with van der Waals surface area (Å²) in [5.41, 5.74) is 3.18. The maximum atomic E-state index is 13.2. The fourth-order valence-electron chi connectivity index (χ4n) is 4.67. The molecule has 1 fully saturated rings. The van der Waals surface area contributed by atoms with Crippen LogP contribution >= 0.6 is 11.8 Å². The van der Waals surface area contributed by atoms with Gasteiger partial charge < -0.3 is 19.9 Å². The number of piperazine rings is 1. The zero-order valence-electron chi connectivity index (χ0n) is 23.6. The number of thioether (sulfide) groups is 1. The fraction of sp³-hybridized carbons (Fsp3) is 0.290. The number of alkyl halides is 3. The van der Waals surface area contributed by atoms with E-state index in [1.54, 1.807) is 37.7 Å². The second-order valence-electron chi connectivity index (χ2n) is 9.98. The summed E-state index contributed by atoms with van der Waals surface area (Å²) in [6.07, 6.45) is -0.964. The van der Waals surface area contributed by atoms with Gasteiger partial charge in [0.25, 0.3) is 5.91 Å². The number of amides is 1. The second-order valence-corrected chi connectivity index (χ2v) is 10.9. The van der Waals surface area contributed by atoms with Gasteiger partial charge in [-0.15, -0.1) is 0 Å². The number of nitrogens with one attached hydrogen (secondary N) is 1. The largest absolute Gasteiger partial charge is 0.416 e. The van der Waals surface area contributed by atoms with E-state index in [9.17, 15) is 18.0 Å². The Hall–Kier alpha value is -4.16. The van der Waals surface area contributed by atoms with Gasteiger partial charge in [-0.25, -0.2) is 9.97 Å². The topological polar surface area (TPSA) is 83.5 Å². The van der Waals surface area contributed by atoms with Crippen molar-refractivity contribution in [2.45, 2.75) is 30.2 Å². The van der Waals surface area contributed by atoms with Crippen molar-refractivity contribution in [1.82, 2.24) is 20.3 Å². The van der Waals surface area contributed by atoms with Gasteiger partial charge in [-0.2, -0.15) is 13.2 Å². The zero-order chi connectivity index (χ0) is 30.2. The third-order valence-electron chi connectivity index (χ3n) is 6.94. The van der Waals surface area contributed by atoms with Crippen LogP contribution in [-0.4, -0.2) is 54.1 Å². The Morgan fingerprint density at radius 3 is 2.42 bits per heavy atom. The van der Waals surface area contributed by atoms with Crippen molar-refractivity contribution in [3.8, 4) is 0 Å². The normalized spacial score (nSPS) is 13.7. The van der Waals surface area contributed by atoms with E-state index in [4.69, 9.17) is 9.72 Å². The van der Waals surface area contributed by atoms with Crippen LogP contribution in [0.25, 0.3) is 0 Å². The van der Waals surface area contributed by atoms with Crippen molar-refractivity contribution < 1.29 is 22.7 Å². The summed E-state index contributed by atoms with van der Waals surface area (Å²) < 4.78 is 44.9. The van der Waals surface area contributed by atoms with Crippen LogP contribution in [0.4, 0.5) is 24.7 Å². The molecule has 0 saturated carbocycles. The summed E-state index contributed by atoms with van der Waals surface area (Å²) >= 11 is 1.49. The number of anilines is 2. The van der Waals surface area contributed by atoms with E-state index < -0.39 is 11.7 Å². The lowest BCUT2D eigenvalue weighted by atomic mass is 10.1. The number of pyridine rings is 1. The van der Waals surface area contributed by atoms with Gasteiger partial charge in [0, 0.05) is 75.3 Å². The molecule has 5 rings (SSSR count). The van der Waals surface area contributed by atoms with Gasteiger partial charge in [0.15, 0.2) is 5.16 Å². The number of aromatic nitrogens is 3. The Morgan fingerprint density at radius 1 is 0.953 bits per heavy atom. The fourth-order valence-corrected chi connectivity index (χ4v) is 5.50. The van der Waals surface area contributed by atoms with Crippen molar-refractivity contribution in [2.75, 3.05) is 43.1 Å². The van der Waals surface area contributed by atoms with Gasteiger partial charge in [-0.3, -0.25) is 9.78 Å². The minimum atomic E-state index is -4.37. The molecule has 12 heteroatoms. The van der Waals surface area contributed by atoms with E-state index in [2.05, 4.69) is 20.2 Å². The molecule has 1 saturated heterocycles. The molecular weight excluding hydrogens is 577 g/mol. The average molecular weight is 609 g/mol. The number of ether oxygens (including phenoxy) is 1. The monoisotopic (exact) mass is 608 g/mol. The second kappa shape index (κ2) is 13.9. The van der Waals surface area contributed by atoms with Gasteiger partial charge >= 0.3 is 6.18 Å². The Morgan fingerprint density at radius 2 is 1.72 bits per heavy atom. The number of nitrogens with zero attached hydrogens (tertiary/aromatic N) is 5. The summed E-state index contributed by atoms with van der Waals surface area (Å²) in [5.74, 6) is 1.21. The van der Waals surface area contributed by atoms with Gasteiger partial charge in [0.05, 0.1) is 17.9 Å². The van der Waals surface area contributed by atoms with E-state index in [0.717, 1.165) is 28.7 Å². The van der Waals surface area contributed by atoms with Gasteiger partial charge in [0.2, 0.25) is 0 Å². The van der Waals surface area contributed by atoms with E-state index in [1.807, 2.05) is 35.2 Å². The number of methoxy groups -OCH3 is 1. The molecule has 224 valence electrons. The van der Waals surface area contributed by atoms with Crippen LogP contribution in [0.2, 0.25) is 0 Å². The van der Waals surface area contributed by atoms with Crippen molar-refractivity contribution in [3.05, 3.63) is 107 Å². The molecule has 1 N–H and O–H groups in total. The van der Waals surface area contributed by atoms with E-state index in [0.29, 0.717) is 61.5 Å². The van der Waals surface area contributed by atoms with Crippen molar-refractivity contribution in [3.63, 3.8) is 0 Å². The third kappa shape index (κ3) is 8.23. The first-order chi connectivity index (χ1) is 20.8. The standard InChI is InChI=1S/C31H31F3N6O2S/c1-42-20-26-17-28(40-14-12-39(13-15-40)27-6-2-5-25(16-27)31(32,33)34)38-30(37-26)43-21-22-7-9-24(10-8-22)29(41)36-19-23-4-3-11-35-18-23/h2-11,16-18H,12-15,19-21H2,1H3,(H,36,41). The van der Waals surface area contributed by atoms with Crippen molar-refractivity contribution in [1.29, 1.82) is 0 Å². The maximum Gasteiger partial charge on any atom is 0.416 e. The molecule has 1 aliphatic heterocycles. The molecule has 0 radical (unpaired) electrons. The summed E-state index contributed by atoms with van der Waals surface area (Å²) in [4.78, 5) is 30.1. The minimum Gasteiger partial charge on any atom is -0.378 e. The molecule has 8 nitrogen and oxygen atoms in total. The van der Waals surface area contributed by atoms with Crippen LogP contribution < -0.4 is 15.1 Å². The van der Waals surface area contributed by atoms with E-state index >= 15 is 0 Å². The molecular formula is C31H31F3N6O2S. The average Bonchev–Trinajstić information content (AvgIpc) is 3.03. The SMILES string of the molecule is COCc1cc(N2CCN(c3cccc(C(F)(F)F)c3)CC2)nc(SCc2ccc(C(=O)NCc3cccnc3)cc2)n1. The van der Waals surface area contributed by atoms with Gasteiger partial charge in [-0.1, -0.05) is 36.0 Å². The first kappa shape index (κ1) is 30.3. The number of carbonyl (C=O) groups excluding carboxylic acids is 1. The predicted molar refractivity (Wildman–Crippen MR) is 160 cm³/mol. The smallest absolute Gasteiger partial charge is 0.378 e. The predicted octanol–water partition coefficient (Wildman–Crippen LogP) is 5.59. The Labute approximate surface area is 252 Å². The summed E-state index contributed by atoms with van der Waals surface area (Å²) in [6.45, 7) is 3.07. The highest BCUT2D eigenvalue weighted by Crippen LogP contribution is 2.32. The minimum absolute atomic E-state index is 0.156. The first-order valence-corrected chi connectivity index (χ1v) is 14.7. The van der Waals surface area contributed by atoms with Crippen LogP contribution in [-0.2, 0) is 29.8 Å². The third-order valence-corrected chi connectivity index (χ3v) is 7.86. The molecule has 0 spiro atoms. The molecule has 3 heterocycles. The number of carbonyl (C=O) groups is 1. The van der Waals surface area contributed by atoms with Crippen LogP contribution in [0.1, 0.15) is 32.7 Å². The van der Waals surface area contributed by atoms with E-state index in [1.165, 1.54) is 23.9 Å². The van der Waals surface area contributed by atoms with Crippen LogP contribution in [0.15, 0.2) is 84.3 Å².